The highest BCUT2D eigenvalue weighted by molar-refractivity contribution is 7.18. The number of nitrogens with one attached hydrogen (secondary N) is 1. The molecular formula is C19H17FN4O2S. The number of thiazole rings is 1. The molecule has 0 atom stereocenters. The van der Waals surface area contributed by atoms with Gasteiger partial charge in [0.25, 0.3) is 0 Å². The average molecular weight is 384 g/mol. The molecule has 1 aromatic heterocycles. The van der Waals surface area contributed by atoms with Crippen LogP contribution in [0.1, 0.15) is 5.01 Å². The number of hydrogen-bond donors (Lipinski definition) is 1. The molecule has 1 saturated heterocycles. The lowest BCUT2D eigenvalue weighted by molar-refractivity contribution is -0.116. The number of aromatic nitrogens is 1. The summed E-state index contributed by atoms with van der Waals surface area (Å²) in [6, 6.07) is 11.1. The monoisotopic (exact) mass is 384 g/mol. The molecule has 8 heteroatoms. The van der Waals surface area contributed by atoms with Gasteiger partial charge in [-0.15, -0.1) is 11.3 Å². The Morgan fingerprint density at radius 1 is 1.22 bits per heavy atom. The largest absolute Gasteiger partial charge is 0.325 e. The van der Waals surface area contributed by atoms with Crippen molar-refractivity contribution in [3.8, 4) is 0 Å². The predicted octanol–water partition coefficient (Wildman–Crippen LogP) is 3.62. The van der Waals surface area contributed by atoms with E-state index in [1.165, 1.54) is 21.9 Å². The fourth-order valence-electron chi connectivity index (χ4n) is 3.08. The number of anilines is 2. The summed E-state index contributed by atoms with van der Waals surface area (Å²) >= 11 is 1.60. The summed E-state index contributed by atoms with van der Waals surface area (Å²) in [5.74, 6) is -0.621. The number of nitrogens with zero attached hydrogens (tertiary/aromatic N) is 3. The number of aryl methyl sites for hydroxylation is 1. The highest BCUT2D eigenvalue weighted by Crippen LogP contribution is 2.25. The van der Waals surface area contributed by atoms with Gasteiger partial charge in [-0.25, -0.2) is 14.2 Å². The molecule has 3 amide bonds. The molecule has 2 aromatic carbocycles. The van der Waals surface area contributed by atoms with Crippen molar-refractivity contribution in [3.63, 3.8) is 0 Å². The van der Waals surface area contributed by atoms with Crippen LogP contribution in [-0.2, 0) is 4.79 Å². The molecule has 1 aliphatic rings. The Morgan fingerprint density at radius 3 is 2.78 bits per heavy atom. The summed E-state index contributed by atoms with van der Waals surface area (Å²) in [5, 5.41) is 3.79. The summed E-state index contributed by atoms with van der Waals surface area (Å²) in [5.41, 5.74) is 2.11. The van der Waals surface area contributed by atoms with E-state index in [0.717, 1.165) is 15.2 Å². The Kier molecular flexibility index (Phi) is 4.49. The first kappa shape index (κ1) is 17.4. The van der Waals surface area contributed by atoms with E-state index in [1.54, 1.807) is 23.5 Å². The summed E-state index contributed by atoms with van der Waals surface area (Å²) in [6.07, 6.45) is 0. The molecule has 27 heavy (non-hydrogen) atoms. The minimum absolute atomic E-state index is 0.0370. The molecule has 1 N–H and O–H groups in total. The summed E-state index contributed by atoms with van der Waals surface area (Å²) in [4.78, 5) is 32.3. The summed E-state index contributed by atoms with van der Waals surface area (Å²) < 4.78 is 14.1. The first-order chi connectivity index (χ1) is 13.0. The number of amides is 3. The van der Waals surface area contributed by atoms with Crippen molar-refractivity contribution < 1.29 is 14.0 Å². The van der Waals surface area contributed by atoms with Crippen LogP contribution in [0.3, 0.4) is 0 Å². The van der Waals surface area contributed by atoms with E-state index in [2.05, 4.69) is 10.3 Å². The highest BCUT2D eigenvalue weighted by Gasteiger charge is 2.30. The molecule has 0 spiro atoms. The number of halogens is 1. The normalized spacial score (nSPS) is 14.2. The summed E-state index contributed by atoms with van der Waals surface area (Å²) in [6.45, 7) is 2.80. The van der Waals surface area contributed by atoms with Gasteiger partial charge in [-0.1, -0.05) is 0 Å². The smallest absolute Gasteiger partial charge is 0.324 e. The maximum Gasteiger partial charge on any atom is 0.325 e. The van der Waals surface area contributed by atoms with E-state index >= 15 is 0 Å². The van der Waals surface area contributed by atoms with Crippen molar-refractivity contribution in [2.75, 3.05) is 29.9 Å². The van der Waals surface area contributed by atoms with Gasteiger partial charge in [-0.2, -0.15) is 0 Å². The van der Waals surface area contributed by atoms with Gasteiger partial charge < -0.3 is 10.2 Å². The van der Waals surface area contributed by atoms with Gasteiger partial charge in [0.1, 0.15) is 12.4 Å². The van der Waals surface area contributed by atoms with Crippen LogP contribution in [0.15, 0.2) is 42.5 Å². The van der Waals surface area contributed by atoms with Gasteiger partial charge in [0, 0.05) is 24.5 Å². The third-order valence-corrected chi connectivity index (χ3v) is 5.30. The lowest BCUT2D eigenvalue weighted by Gasteiger charge is -2.18. The molecule has 0 aliphatic carbocycles. The molecule has 138 valence electrons. The second-order valence-corrected chi connectivity index (χ2v) is 7.53. The molecular weight excluding hydrogens is 367 g/mol. The molecule has 6 nitrogen and oxygen atoms in total. The molecule has 0 bridgehead atoms. The fourth-order valence-corrected chi connectivity index (χ4v) is 3.89. The average Bonchev–Trinajstić information content (AvgIpc) is 3.17. The van der Waals surface area contributed by atoms with Crippen molar-refractivity contribution in [2.24, 2.45) is 0 Å². The number of urea groups is 1. The Hall–Kier alpha value is -3.00. The number of rotatable bonds is 4. The van der Waals surface area contributed by atoms with Crippen LogP contribution >= 0.6 is 11.3 Å². The molecule has 4 rings (SSSR count). The van der Waals surface area contributed by atoms with Crippen LogP contribution in [0.4, 0.5) is 20.6 Å². The molecule has 3 aromatic rings. The van der Waals surface area contributed by atoms with E-state index in [-0.39, 0.29) is 24.3 Å². The van der Waals surface area contributed by atoms with E-state index in [0.29, 0.717) is 24.5 Å². The van der Waals surface area contributed by atoms with Crippen LogP contribution < -0.4 is 10.2 Å². The number of carbonyl (C=O) groups excluding carboxylic acids is 2. The van der Waals surface area contributed by atoms with Crippen molar-refractivity contribution in [2.45, 2.75) is 6.92 Å². The molecule has 2 heterocycles. The Bertz CT molecular complexity index is 1020. The van der Waals surface area contributed by atoms with Gasteiger partial charge in [-0.3, -0.25) is 9.69 Å². The van der Waals surface area contributed by atoms with Crippen LogP contribution in [0.25, 0.3) is 10.2 Å². The van der Waals surface area contributed by atoms with Gasteiger partial charge >= 0.3 is 6.03 Å². The third-order valence-electron chi connectivity index (χ3n) is 4.35. The third kappa shape index (κ3) is 3.61. The van der Waals surface area contributed by atoms with Crippen molar-refractivity contribution in [1.29, 1.82) is 0 Å². The number of hydrogen-bond acceptors (Lipinski definition) is 4. The van der Waals surface area contributed by atoms with Crippen LogP contribution in [0.5, 0.6) is 0 Å². The van der Waals surface area contributed by atoms with E-state index in [4.69, 9.17) is 0 Å². The molecule has 0 unspecified atom stereocenters. The van der Waals surface area contributed by atoms with Crippen molar-refractivity contribution in [1.82, 2.24) is 9.88 Å². The maximum atomic E-state index is 13.1. The molecule has 0 saturated carbocycles. The second-order valence-electron chi connectivity index (χ2n) is 6.30. The first-order valence-electron chi connectivity index (χ1n) is 8.49. The number of carbonyl (C=O) groups is 2. The van der Waals surface area contributed by atoms with Crippen LogP contribution in [-0.4, -0.2) is 41.5 Å². The van der Waals surface area contributed by atoms with Crippen molar-refractivity contribution in [3.05, 3.63) is 53.3 Å². The SMILES string of the molecule is Cc1nc2cc(NC(=O)CN3CCN(c4ccc(F)cc4)C3=O)ccc2s1. The molecule has 0 radical (unpaired) electrons. The quantitative estimate of drug-likeness (QED) is 0.747. The number of fused-ring (bicyclic) bond motifs is 1. The fraction of sp³-hybridized carbons (Fsp3) is 0.211. The Morgan fingerprint density at radius 2 is 2.00 bits per heavy atom. The van der Waals surface area contributed by atoms with E-state index in [1.807, 2.05) is 25.1 Å². The van der Waals surface area contributed by atoms with Gasteiger partial charge in [-0.05, 0) is 49.4 Å². The van der Waals surface area contributed by atoms with E-state index in [9.17, 15) is 14.0 Å². The topological polar surface area (TPSA) is 65.5 Å². The Balaban J connectivity index is 1.40. The zero-order valence-corrected chi connectivity index (χ0v) is 15.4. The summed E-state index contributed by atoms with van der Waals surface area (Å²) in [7, 11) is 0. The molecule has 1 fully saturated rings. The number of benzene rings is 2. The lowest BCUT2D eigenvalue weighted by Crippen LogP contribution is -2.37. The highest BCUT2D eigenvalue weighted by atomic mass is 32.1. The van der Waals surface area contributed by atoms with Gasteiger partial charge in [0.05, 0.1) is 15.2 Å². The lowest BCUT2D eigenvalue weighted by atomic mass is 10.3. The molecule has 1 aliphatic heterocycles. The first-order valence-corrected chi connectivity index (χ1v) is 9.30. The zero-order chi connectivity index (χ0) is 19.0. The minimum atomic E-state index is -0.353. The minimum Gasteiger partial charge on any atom is -0.324 e. The second kappa shape index (κ2) is 6.96. The van der Waals surface area contributed by atoms with Crippen LogP contribution in [0, 0.1) is 12.7 Å². The van der Waals surface area contributed by atoms with Crippen molar-refractivity contribution >= 4 is 44.9 Å². The predicted molar refractivity (Wildman–Crippen MR) is 104 cm³/mol. The van der Waals surface area contributed by atoms with Gasteiger partial charge in [0.15, 0.2) is 0 Å². The Labute approximate surface area is 159 Å². The standard InChI is InChI=1S/C19H17FN4O2S/c1-12-21-16-10-14(4-7-17(16)27-12)22-18(25)11-23-8-9-24(19(23)26)15-5-2-13(20)3-6-15/h2-7,10H,8-9,11H2,1H3,(H,22,25). The van der Waals surface area contributed by atoms with Crippen LogP contribution in [0.2, 0.25) is 0 Å². The van der Waals surface area contributed by atoms with E-state index < -0.39 is 0 Å². The zero-order valence-electron chi connectivity index (χ0n) is 14.6. The van der Waals surface area contributed by atoms with Gasteiger partial charge in [0.2, 0.25) is 5.91 Å². The maximum absolute atomic E-state index is 13.1.